The first-order valence-electron chi connectivity index (χ1n) is 8.88. The van der Waals surface area contributed by atoms with Gasteiger partial charge in [-0.1, -0.05) is 12.1 Å². The van der Waals surface area contributed by atoms with Gasteiger partial charge < -0.3 is 15.4 Å². The fourth-order valence-electron chi connectivity index (χ4n) is 2.94. The topological polar surface area (TPSA) is 76.4 Å². The Balaban J connectivity index is 1.62. The van der Waals surface area contributed by atoms with Crippen molar-refractivity contribution < 1.29 is 9.13 Å². The number of halogens is 1. The molecule has 1 atom stereocenters. The van der Waals surface area contributed by atoms with Crippen LogP contribution in [0.15, 0.2) is 29.3 Å². The monoisotopic (exact) mass is 360 g/mol. The van der Waals surface area contributed by atoms with Crippen LogP contribution in [0, 0.1) is 5.82 Å². The Labute approximate surface area is 152 Å². The number of rotatable bonds is 6. The van der Waals surface area contributed by atoms with E-state index < -0.39 is 0 Å². The SMILES string of the molecule is CCNC(=NCc1ccc(F)cc1)NC1CCc2nc(COC)nn2C1. The molecule has 2 N–H and O–H groups in total. The Morgan fingerprint density at radius 2 is 2.19 bits per heavy atom. The Bertz CT molecular complexity index is 743. The minimum Gasteiger partial charge on any atom is -0.377 e. The van der Waals surface area contributed by atoms with Gasteiger partial charge >= 0.3 is 0 Å². The molecule has 26 heavy (non-hydrogen) atoms. The van der Waals surface area contributed by atoms with Crippen LogP contribution in [-0.4, -0.2) is 40.4 Å². The predicted molar refractivity (Wildman–Crippen MR) is 97.2 cm³/mol. The second-order valence-electron chi connectivity index (χ2n) is 6.26. The van der Waals surface area contributed by atoms with Crippen LogP contribution in [0.2, 0.25) is 0 Å². The van der Waals surface area contributed by atoms with Crippen LogP contribution < -0.4 is 10.6 Å². The highest BCUT2D eigenvalue weighted by atomic mass is 19.1. The molecular formula is C18H25FN6O. The van der Waals surface area contributed by atoms with Crippen molar-refractivity contribution in [1.82, 2.24) is 25.4 Å². The predicted octanol–water partition coefficient (Wildman–Crippen LogP) is 1.63. The number of ether oxygens (including phenoxy) is 1. The number of methoxy groups -OCH3 is 1. The van der Waals surface area contributed by atoms with Crippen molar-refractivity contribution in [3.05, 3.63) is 47.3 Å². The minimum absolute atomic E-state index is 0.227. The summed E-state index contributed by atoms with van der Waals surface area (Å²) in [5, 5.41) is 11.2. The van der Waals surface area contributed by atoms with E-state index in [2.05, 4.69) is 25.7 Å². The van der Waals surface area contributed by atoms with Gasteiger partial charge in [-0.05, 0) is 31.0 Å². The highest BCUT2D eigenvalue weighted by Gasteiger charge is 2.22. The van der Waals surface area contributed by atoms with Crippen molar-refractivity contribution in [2.24, 2.45) is 4.99 Å². The summed E-state index contributed by atoms with van der Waals surface area (Å²) in [6.45, 7) is 4.47. The maximum atomic E-state index is 13.0. The summed E-state index contributed by atoms with van der Waals surface area (Å²) in [4.78, 5) is 9.10. The van der Waals surface area contributed by atoms with Crippen LogP contribution in [0.3, 0.4) is 0 Å². The number of nitrogens with zero attached hydrogens (tertiary/aromatic N) is 4. The molecule has 8 heteroatoms. The lowest BCUT2D eigenvalue weighted by molar-refractivity contribution is 0.177. The number of aryl methyl sites for hydroxylation is 1. The van der Waals surface area contributed by atoms with E-state index in [9.17, 15) is 4.39 Å². The molecule has 0 amide bonds. The van der Waals surface area contributed by atoms with E-state index in [0.717, 1.165) is 49.1 Å². The zero-order valence-electron chi connectivity index (χ0n) is 15.2. The number of fused-ring (bicyclic) bond motifs is 1. The van der Waals surface area contributed by atoms with Crippen LogP contribution in [0.5, 0.6) is 0 Å². The number of hydrogen-bond donors (Lipinski definition) is 2. The summed E-state index contributed by atoms with van der Waals surface area (Å²) >= 11 is 0. The lowest BCUT2D eigenvalue weighted by atomic mass is 10.1. The average molecular weight is 360 g/mol. The van der Waals surface area contributed by atoms with Crippen LogP contribution in [-0.2, 0) is 30.9 Å². The molecule has 3 rings (SSSR count). The molecule has 7 nitrogen and oxygen atoms in total. The molecule has 2 aromatic rings. The molecule has 1 aliphatic heterocycles. The third-order valence-corrected chi connectivity index (χ3v) is 4.19. The van der Waals surface area contributed by atoms with Crippen molar-refractivity contribution in [3.8, 4) is 0 Å². The number of nitrogens with one attached hydrogen (secondary N) is 2. The standard InChI is InChI=1S/C18H25FN6O/c1-3-20-18(21-10-13-4-6-14(19)7-5-13)22-15-8-9-17-23-16(12-26-2)24-25(17)11-15/h4-7,15H,3,8-12H2,1-2H3,(H2,20,21,22). The molecule has 0 radical (unpaired) electrons. The quantitative estimate of drug-likeness (QED) is 0.605. The van der Waals surface area contributed by atoms with Crippen molar-refractivity contribution in [2.45, 2.75) is 45.5 Å². The lowest BCUT2D eigenvalue weighted by Crippen LogP contribution is -2.47. The van der Waals surface area contributed by atoms with Gasteiger partial charge in [0, 0.05) is 26.1 Å². The van der Waals surface area contributed by atoms with Gasteiger partial charge in [-0.15, -0.1) is 0 Å². The molecule has 0 bridgehead atoms. The van der Waals surface area contributed by atoms with Gasteiger partial charge in [-0.3, -0.25) is 0 Å². The maximum Gasteiger partial charge on any atom is 0.191 e. The van der Waals surface area contributed by atoms with Gasteiger partial charge in [0.05, 0.1) is 13.1 Å². The number of aromatic nitrogens is 3. The van der Waals surface area contributed by atoms with E-state index in [1.807, 2.05) is 11.6 Å². The number of benzene rings is 1. The smallest absolute Gasteiger partial charge is 0.191 e. The average Bonchev–Trinajstić information content (AvgIpc) is 3.03. The molecule has 0 saturated heterocycles. The van der Waals surface area contributed by atoms with Crippen molar-refractivity contribution in [2.75, 3.05) is 13.7 Å². The summed E-state index contributed by atoms with van der Waals surface area (Å²) < 4.78 is 20.1. The van der Waals surface area contributed by atoms with Gasteiger partial charge in [0.2, 0.25) is 0 Å². The largest absolute Gasteiger partial charge is 0.377 e. The second kappa shape index (κ2) is 8.75. The van der Waals surface area contributed by atoms with Gasteiger partial charge in [0.1, 0.15) is 18.2 Å². The van der Waals surface area contributed by atoms with Crippen LogP contribution in [0.4, 0.5) is 4.39 Å². The molecule has 1 aromatic heterocycles. The lowest BCUT2D eigenvalue weighted by Gasteiger charge is -2.25. The van der Waals surface area contributed by atoms with E-state index in [1.165, 1.54) is 12.1 Å². The van der Waals surface area contributed by atoms with Gasteiger partial charge in [-0.2, -0.15) is 5.10 Å². The van der Waals surface area contributed by atoms with Crippen LogP contribution >= 0.6 is 0 Å². The van der Waals surface area contributed by atoms with Crippen molar-refractivity contribution in [1.29, 1.82) is 0 Å². The molecule has 140 valence electrons. The fraction of sp³-hybridized carbons (Fsp3) is 0.500. The molecule has 0 saturated carbocycles. The van der Waals surface area contributed by atoms with E-state index in [0.29, 0.717) is 13.2 Å². The summed E-state index contributed by atoms with van der Waals surface area (Å²) in [5.74, 6) is 2.24. The molecular weight excluding hydrogens is 335 g/mol. The molecule has 1 aromatic carbocycles. The first kappa shape index (κ1) is 18.3. The molecule has 2 heterocycles. The first-order chi connectivity index (χ1) is 12.7. The Kier molecular flexibility index (Phi) is 6.17. The highest BCUT2D eigenvalue weighted by Crippen LogP contribution is 2.13. The molecule has 1 unspecified atom stereocenters. The number of hydrogen-bond acceptors (Lipinski definition) is 4. The number of aliphatic imine (C=N–C) groups is 1. The summed E-state index contributed by atoms with van der Waals surface area (Å²) in [6.07, 6.45) is 1.83. The second-order valence-corrected chi connectivity index (χ2v) is 6.26. The molecule has 0 fully saturated rings. The van der Waals surface area contributed by atoms with Crippen molar-refractivity contribution in [3.63, 3.8) is 0 Å². The third kappa shape index (κ3) is 4.78. The van der Waals surface area contributed by atoms with E-state index in [1.54, 1.807) is 19.2 Å². The van der Waals surface area contributed by atoms with Crippen LogP contribution in [0.25, 0.3) is 0 Å². The summed E-state index contributed by atoms with van der Waals surface area (Å²) in [6, 6.07) is 6.64. The zero-order chi connectivity index (χ0) is 18.4. The van der Waals surface area contributed by atoms with Gasteiger partial charge in [0.15, 0.2) is 11.8 Å². The van der Waals surface area contributed by atoms with E-state index in [4.69, 9.17) is 4.74 Å². The van der Waals surface area contributed by atoms with Crippen LogP contribution in [0.1, 0.15) is 30.6 Å². The first-order valence-corrected chi connectivity index (χ1v) is 8.88. The molecule has 0 aliphatic carbocycles. The third-order valence-electron chi connectivity index (χ3n) is 4.19. The normalized spacial score (nSPS) is 17.0. The van der Waals surface area contributed by atoms with Crippen molar-refractivity contribution >= 4 is 5.96 Å². The van der Waals surface area contributed by atoms with Gasteiger partial charge in [0.25, 0.3) is 0 Å². The highest BCUT2D eigenvalue weighted by molar-refractivity contribution is 5.80. The Hall–Kier alpha value is -2.48. The summed E-state index contributed by atoms with van der Waals surface area (Å²) in [7, 11) is 1.64. The van der Waals surface area contributed by atoms with Gasteiger partial charge in [-0.25, -0.2) is 19.0 Å². The number of guanidine groups is 1. The van der Waals surface area contributed by atoms with E-state index >= 15 is 0 Å². The maximum absolute atomic E-state index is 13.0. The Morgan fingerprint density at radius 3 is 2.92 bits per heavy atom. The minimum atomic E-state index is -0.235. The van der Waals surface area contributed by atoms with E-state index in [-0.39, 0.29) is 11.9 Å². The summed E-state index contributed by atoms with van der Waals surface area (Å²) in [5.41, 5.74) is 0.968. The zero-order valence-corrected chi connectivity index (χ0v) is 15.2. The molecule has 0 spiro atoms. The molecule has 1 aliphatic rings. The Morgan fingerprint density at radius 1 is 1.38 bits per heavy atom. The fourth-order valence-corrected chi connectivity index (χ4v) is 2.94.